The molecule has 0 spiro atoms. The summed E-state index contributed by atoms with van der Waals surface area (Å²) in [6, 6.07) is 5.10. The lowest BCUT2D eigenvalue weighted by atomic mass is 10.3. The van der Waals surface area contributed by atoms with Crippen LogP contribution in [0.1, 0.15) is 18.3 Å². The van der Waals surface area contributed by atoms with E-state index in [0.717, 1.165) is 23.6 Å². The zero-order valence-corrected chi connectivity index (χ0v) is 13.0. The van der Waals surface area contributed by atoms with Crippen LogP contribution in [0.4, 0.5) is 5.82 Å². The first kappa shape index (κ1) is 14.9. The molecule has 0 bridgehead atoms. The van der Waals surface area contributed by atoms with Crippen LogP contribution >= 0.6 is 23.2 Å². The van der Waals surface area contributed by atoms with Crippen molar-refractivity contribution in [3.05, 3.63) is 39.6 Å². The van der Waals surface area contributed by atoms with Gasteiger partial charge in [-0.2, -0.15) is 4.98 Å². The molecule has 0 radical (unpaired) electrons. The zero-order valence-electron chi connectivity index (χ0n) is 11.5. The lowest BCUT2D eigenvalue weighted by molar-refractivity contribution is 0.455. The second-order valence-electron chi connectivity index (χ2n) is 4.20. The molecule has 1 N–H and O–H groups in total. The van der Waals surface area contributed by atoms with Crippen molar-refractivity contribution < 1.29 is 4.74 Å². The van der Waals surface area contributed by atoms with Crippen molar-refractivity contribution in [3.8, 4) is 11.6 Å². The van der Waals surface area contributed by atoms with Gasteiger partial charge in [-0.05, 0) is 19.1 Å². The third-order valence-corrected chi connectivity index (χ3v) is 3.55. The second-order valence-corrected chi connectivity index (χ2v) is 5.01. The fourth-order valence-electron chi connectivity index (χ4n) is 1.69. The molecule has 0 saturated heterocycles. The van der Waals surface area contributed by atoms with Gasteiger partial charge in [0.2, 0.25) is 5.88 Å². The SMILES string of the molecule is CCc1nc(NC)c(C)c(Oc2ccc(Cl)c(Cl)c2)n1. The fraction of sp³-hybridized carbons (Fsp3) is 0.286. The van der Waals surface area contributed by atoms with Crippen LogP contribution in [0, 0.1) is 6.92 Å². The highest BCUT2D eigenvalue weighted by Gasteiger charge is 2.12. The first-order valence-corrected chi connectivity index (χ1v) is 6.99. The van der Waals surface area contributed by atoms with Crippen molar-refractivity contribution in [2.45, 2.75) is 20.3 Å². The molecule has 1 aromatic carbocycles. The minimum absolute atomic E-state index is 0.445. The second kappa shape index (κ2) is 6.29. The Morgan fingerprint density at radius 2 is 1.95 bits per heavy atom. The molecule has 4 nitrogen and oxygen atoms in total. The number of benzene rings is 1. The molecule has 0 aliphatic carbocycles. The van der Waals surface area contributed by atoms with Crippen LogP contribution < -0.4 is 10.1 Å². The highest BCUT2D eigenvalue weighted by atomic mass is 35.5. The van der Waals surface area contributed by atoms with Gasteiger partial charge in [0.05, 0.1) is 15.6 Å². The minimum Gasteiger partial charge on any atom is -0.438 e. The summed E-state index contributed by atoms with van der Waals surface area (Å²) < 4.78 is 5.80. The van der Waals surface area contributed by atoms with Crippen molar-refractivity contribution in [2.75, 3.05) is 12.4 Å². The third-order valence-electron chi connectivity index (χ3n) is 2.81. The molecule has 0 atom stereocenters. The molecule has 0 aliphatic heterocycles. The Bertz CT molecular complexity index is 632. The maximum Gasteiger partial charge on any atom is 0.227 e. The highest BCUT2D eigenvalue weighted by molar-refractivity contribution is 6.42. The van der Waals surface area contributed by atoms with Gasteiger partial charge in [0, 0.05) is 19.5 Å². The van der Waals surface area contributed by atoms with Gasteiger partial charge in [0.15, 0.2) is 0 Å². The van der Waals surface area contributed by atoms with E-state index in [1.807, 2.05) is 20.9 Å². The fourth-order valence-corrected chi connectivity index (χ4v) is 1.98. The number of ether oxygens (including phenoxy) is 1. The van der Waals surface area contributed by atoms with Gasteiger partial charge in [-0.3, -0.25) is 0 Å². The van der Waals surface area contributed by atoms with Gasteiger partial charge < -0.3 is 10.1 Å². The summed E-state index contributed by atoms with van der Waals surface area (Å²) >= 11 is 11.9. The summed E-state index contributed by atoms with van der Waals surface area (Å²) in [7, 11) is 1.82. The van der Waals surface area contributed by atoms with E-state index in [1.165, 1.54) is 0 Å². The molecule has 0 fully saturated rings. The Kier molecular flexibility index (Phi) is 4.68. The highest BCUT2D eigenvalue weighted by Crippen LogP contribution is 2.31. The van der Waals surface area contributed by atoms with Gasteiger partial charge in [-0.1, -0.05) is 30.1 Å². The molecule has 0 unspecified atom stereocenters. The Morgan fingerprint density at radius 3 is 2.55 bits per heavy atom. The number of aromatic nitrogens is 2. The molecule has 106 valence electrons. The maximum atomic E-state index is 5.98. The molecule has 1 heterocycles. The van der Waals surface area contributed by atoms with Crippen molar-refractivity contribution >= 4 is 29.0 Å². The summed E-state index contributed by atoms with van der Waals surface area (Å²) in [6.07, 6.45) is 0.729. The first-order valence-electron chi connectivity index (χ1n) is 6.23. The molecule has 0 saturated carbocycles. The van der Waals surface area contributed by atoms with Crippen molar-refractivity contribution in [2.24, 2.45) is 0 Å². The zero-order chi connectivity index (χ0) is 14.7. The standard InChI is InChI=1S/C14H15Cl2N3O/c1-4-12-18-13(17-3)8(2)14(19-12)20-9-5-6-10(15)11(16)7-9/h5-7H,4H2,1-3H3,(H,17,18,19). The number of anilines is 1. The lowest BCUT2D eigenvalue weighted by Gasteiger charge is -2.12. The van der Waals surface area contributed by atoms with Crippen molar-refractivity contribution in [3.63, 3.8) is 0 Å². The topological polar surface area (TPSA) is 47.0 Å². The Balaban J connectivity index is 2.39. The quantitative estimate of drug-likeness (QED) is 0.903. The third kappa shape index (κ3) is 3.14. The number of halogens is 2. The summed E-state index contributed by atoms with van der Waals surface area (Å²) in [4.78, 5) is 8.79. The van der Waals surface area contributed by atoms with E-state index in [9.17, 15) is 0 Å². The molecular weight excluding hydrogens is 297 g/mol. The van der Waals surface area contributed by atoms with Crippen molar-refractivity contribution in [1.82, 2.24) is 9.97 Å². The molecule has 6 heteroatoms. The number of hydrogen-bond donors (Lipinski definition) is 1. The predicted octanol–water partition coefficient (Wildman–Crippen LogP) is 4.49. The van der Waals surface area contributed by atoms with Gasteiger partial charge in [-0.15, -0.1) is 0 Å². The average molecular weight is 312 g/mol. The van der Waals surface area contributed by atoms with E-state index in [0.29, 0.717) is 21.7 Å². The van der Waals surface area contributed by atoms with E-state index in [1.54, 1.807) is 18.2 Å². The monoisotopic (exact) mass is 311 g/mol. The van der Waals surface area contributed by atoms with Crippen molar-refractivity contribution in [1.29, 1.82) is 0 Å². The number of nitrogens with zero attached hydrogens (tertiary/aromatic N) is 2. The minimum atomic E-state index is 0.445. The molecule has 0 amide bonds. The molecular formula is C14H15Cl2N3O. The molecule has 0 aliphatic rings. The summed E-state index contributed by atoms with van der Waals surface area (Å²) in [5, 5.41) is 3.97. The number of hydrogen-bond acceptors (Lipinski definition) is 4. The predicted molar refractivity (Wildman–Crippen MR) is 82.2 cm³/mol. The van der Waals surface area contributed by atoms with E-state index in [2.05, 4.69) is 15.3 Å². The first-order chi connectivity index (χ1) is 9.55. The molecule has 1 aromatic heterocycles. The lowest BCUT2D eigenvalue weighted by Crippen LogP contribution is -2.04. The van der Waals surface area contributed by atoms with E-state index in [4.69, 9.17) is 27.9 Å². The summed E-state index contributed by atoms with van der Waals surface area (Å²) in [5.74, 6) is 2.58. The number of rotatable bonds is 4. The molecule has 20 heavy (non-hydrogen) atoms. The van der Waals surface area contributed by atoms with Crippen LogP contribution in [-0.2, 0) is 6.42 Å². The average Bonchev–Trinajstić information content (AvgIpc) is 2.45. The van der Waals surface area contributed by atoms with Crippen LogP contribution in [0.3, 0.4) is 0 Å². The number of aryl methyl sites for hydroxylation is 1. The maximum absolute atomic E-state index is 5.98. The van der Waals surface area contributed by atoms with Crippen LogP contribution in [0.15, 0.2) is 18.2 Å². The molecule has 2 rings (SSSR count). The van der Waals surface area contributed by atoms with Gasteiger partial charge in [0.25, 0.3) is 0 Å². The van der Waals surface area contributed by atoms with Crippen LogP contribution in [0.5, 0.6) is 11.6 Å². The van der Waals surface area contributed by atoms with E-state index in [-0.39, 0.29) is 0 Å². The van der Waals surface area contributed by atoms with Gasteiger partial charge in [-0.25, -0.2) is 4.98 Å². The largest absolute Gasteiger partial charge is 0.438 e. The molecule has 2 aromatic rings. The normalized spacial score (nSPS) is 10.4. The van der Waals surface area contributed by atoms with Crippen LogP contribution in [0.2, 0.25) is 10.0 Å². The van der Waals surface area contributed by atoms with Gasteiger partial charge in [0.1, 0.15) is 17.4 Å². The Labute approximate surface area is 128 Å². The van der Waals surface area contributed by atoms with E-state index < -0.39 is 0 Å². The van der Waals surface area contributed by atoms with Gasteiger partial charge >= 0.3 is 0 Å². The summed E-state index contributed by atoms with van der Waals surface area (Å²) in [5.41, 5.74) is 0.843. The Morgan fingerprint density at radius 1 is 1.20 bits per heavy atom. The Hall–Kier alpha value is -1.52. The smallest absolute Gasteiger partial charge is 0.227 e. The van der Waals surface area contributed by atoms with Crippen LogP contribution in [0.25, 0.3) is 0 Å². The van der Waals surface area contributed by atoms with Crippen LogP contribution in [-0.4, -0.2) is 17.0 Å². The number of nitrogens with one attached hydrogen (secondary N) is 1. The summed E-state index contributed by atoms with van der Waals surface area (Å²) in [6.45, 7) is 3.89. The van der Waals surface area contributed by atoms with E-state index >= 15 is 0 Å².